The number of rotatable bonds is 3. The molecule has 4 heteroatoms. The quantitative estimate of drug-likeness (QED) is 0.911. The number of aliphatic hydroxyl groups excluding tert-OH is 1. The van der Waals surface area contributed by atoms with Gasteiger partial charge in [0.25, 0.3) is 0 Å². The zero-order chi connectivity index (χ0) is 13.7. The summed E-state index contributed by atoms with van der Waals surface area (Å²) >= 11 is 0. The lowest BCUT2D eigenvalue weighted by Gasteiger charge is -2.36. The molecule has 0 unspecified atom stereocenters. The van der Waals surface area contributed by atoms with Gasteiger partial charge in [-0.3, -0.25) is 0 Å². The molecule has 2 rings (SSSR count). The largest absolute Gasteiger partial charge is 0.445 e. The van der Waals surface area contributed by atoms with Crippen LogP contribution in [0.5, 0.6) is 0 Å². The van der Waals surface area contributed by atoms with Crippen molar-refractivity contribution in [1.29, 1.82) is 0 Å². The highest BCUT2D eigenvalue weighted by Crippen LogP contribution is 2.22. The number of hydrogen-bond acceptors (Lipinski definition) is 3. The SMILES string of the molecule is C[C@H]1CC[C@@H](CO)N(C(=O)OCc2ccccc2)C1. The van der Waals surface area contributed by atoms with E-state index < -0.39 is 0 Å². The molecule has 104 valence electrons. The number of ether oxygens (including phenoxy) is 1. The van der Waals surface area contributed by atoms with Gasteiger partial charge in [-0.2, -0.15) is 0 Å². The molecule has 0 bridgehead atoms. The molecule has 1 amide bonds. The molecule has 1 aromatic rings. The Bertz CT molecular complexity index is 407. The second kappa shape index (κ2) is 6.57. The summed E-state index contributed by atoms with van der Waals surface area (Å²) in [6, 6.07) is 9.52. The highest BCUT2D eigenvalue weighted by atomic mass is 16.6. The van der Waals surface area contributed by atoms with Gasteiger partial charge in [-0.05, 0) is 24.3 Å². The molecular formula is C15H21NO3. The molecule has 1 aliphatic heterocycles. The van der Waals surface area contributed by atoms with E-state index in [1.54, 1.807) is 4.90 Å². The van der Waals surface area contributed by atoms with E-state index in [1.165, 1.54) is 0 Å². The second-order valence-corrected chi connectivity index (χ2v) is 5.21. The van der Waals surface area contributed by atoms with Gasteiger partial charge in [0, 0.05) is 6.54 Å². The van der Waals surface area contributed by atoms with Crippen molar-refractivity contribution in [2.24, 2.45) is 5.92 Å². The number of aliphatic hydroxyl groups is 1. The molecule has 19 heavy (non-hydrogen) atoms. The lowest BCUT2D eigenvalue weighted by atomic mass is 9.95. The molecule has 1 N–H and O–H groups in total. The summed E-state index contributed by atoms with van der Waals surface area (Å²) < 4.78 is 5.32. The van der Waals surface area contributed by atoms with E-state index in [0.29, 0.717) is 12.5 Å². The predicted octanol–water partition coefficient (Wildman–Crippen LogP) is 2.42. The first-order valence-electron chi connectivity index (χ1n) is 6.79. The highest BCUT2D eigenvalue weighted by molar-refractivity contribution is 5.68. The Morgan fingerprint density at radius 1 is 1.37 bits per heavy atom. The van der Waals surface area contributed by atoms with Crippen LogP contribution in [0.3, 0.4) is 0 Å². The van der Waals surface area contributed by atoms with Crippen LogP contribution in [0.15, 0.2) is 30.3 Å². The van der Waals surface area contributed by atoms with Crippen LogP contribution in [0.1, 0.15) is 25.3 Å². The van der Waals surface area contributed by atoms with Gasteiger partial charge >= 0.3 is 6.09 Å². The molecule has 1 heterocycles. The average molecular weight is 263 g/mol. The van der Waals surface area contributed by atoms with Crippen molar-refractivity contribution < 1.29 is 14.6 Å². The van der Waals surface area contributed by atoms with Gasteiger partial charge in [0.1, 0.15) is 6.61 Å². The maximum Gasteiger partial charge on any atom is 0.410 e. The number of likely N-dealkylation sites (tertiary alicyclic amines) is 1. The van der Waals surface area contributed by atoms with Gasteiger partial charge in [0.2, 0.25) is 0 Å². The first kappa shape index (κ1) is 13.9. The number of amides is 1. The molecule has 0 saturated carbocycles. The van der Waals surface area contributed by atoms with Crippen LogP contribution >= 0.6 is 0 Å². The van der Waals surface area contributed by atoms with Crippen LogP contribution < -0.4 is 0 Å². The summed E-state index contributed by atoms with van der Waals surface area (Å²) in [5.41, 5.74) is 0.974. The van der Waals surface area contributed by atoms with E-state index in [-0.39, 0.29) is 25.3 Å². The van der Waals surface area contributed by atoms with Crippen LogP contribution in [-0.2, 0) is 11.3 Å². The van der Waals surface area contributed by atoms with Crippen molar-refractivity contribution in [1.82, 2.24) is 4.90 Å². The van der Waals surface area contributed by atoms with Gasteiger partial charge < -0.3 is 14.7 Å². The van der Waals surface area contributed by atoms with Crippen molar-refractivity contribution in [3.05, 3.63) is 35.9 Å². The average Bonchev–Trinajstić information content (AvgIpc) is 2.46. The maximum absolute atomic E-state index is 12.1. The Kier molecular flexibility index (Phi) is 4.80. The third kappa shape index (κ3) is 3.70. The number of piperidine rings is 1. The van der Waals surface area contributed by atoms with Crippen LogP contribution in [-0.4, -0.2) is 35.3 Å². The van der Waals surface area contributed by atoms with Crippen molar-refractivity contribution in [3.8, 4) is 0 Å². The summed E-state index contributed by atoms with van der Waals surface area (Å²) in [7, 11) is 0. The van der Waals surface area contributed by atoms with Gasteiger partial charge in [-0.25, -0.2) is 4.79 Å². The van der Waals surface area contributed by atoms with E-state index in [1.807, 2.05) is 30.3 Å². The number of nitrogens with zero attached hydrogens (tertiary/aromatic N) is 1. The van der Waals surface area contributed by atoms with Gasteiger partial charge in [0.15, 0.2) is 0 Å². The molecule has 0 radical (unpaired) electrons. The molecule has 2 atom stereocenters. The van der Waals surface area contributed by atoms with Crippen molar-refractivity contribution >= 4 is 6.09 Å². The van der Waals surface area contributed by atoms with Crippen LogP contribution in [0.4, 0.5) is 4.79 Å². The summed E-state index contributed by atoms with van der Waals surface area (Å²) in [6.07, 6.45) is 1.57. The lowest BCUT2D eigenvalue weighted by molar-refractivity contribution is 0.0381. The summed E-state index contributed by atoms with van der Waals surface area (Å²) in [6.45, 7) is 3.07. The maximum atomic E-state index is 12.1. The minimum absolute atomic E-state index is 0.00710. The molecule has 0 aliphatic carbocycles. The fourth-order valence-electron chi connectivity index (χ4n) is 2.42. The molecule has 1 aliphatic rings. The van der Waals surface area contributed by atoms with Crippen molar-refractivity contribution in [3.63, 3.8) is 0 Å². The molecule has 1 saturated heterocycles. The summed E-state index contributed by atoms with van der Waals surface area (Å²) in [5.74, 6) is 0.465. The Morgan fingerprint density at radius 2 is 2.11 bits per heavy atom. The first-order valence-corrected chi connectivity index (χ1v) is 6.79. The number of carbonyl (C=O) groups is 1. The van der Waals surface area contributed by atoms with E-state index in [2.05, 4.69) is 6.92 Å². The van der Waals surface area contributed by atoms with Crippen LogP contribution in [0, 0.1) is 5.92 Å². The topological polar surface area (TPSA) is 49.8 Å². The van der Waals surface area contributed by atoms with E-state index in [0.717, 1.165) is 18.4 Å². The predicted molar refractivity (Wildman–Crippen MR) is 72.6 cm³/mol. The van der Waals surface area contributed by atoms with E-state index >= 15 is 0 Å². The molecule has 1 aromatic carbocycles. The molecule has 4 nitrogen and oxygen atoms in total. The summed E-state index contributed by atoms with van der Waals surface area (Å²) in [5, 5.41) is 9.33. The number of carbonyl (C=O) groups excluding carboxylic acids is 1. The normalized spacial score (nSPS) is 23.2. The number of hydrogen-bond donors (Lipinski definition) is 1. The Hall–Kier alpha value is -1.55. The van der Waals surface area contributed by atoms with Crippen LogP contribution in [0.25, 0.3) is 0 Å². The van der Waals surface area contributed by atoms with Crippen molar-refractivity contribution in [2.75, 3.05) is 13.2 Å². The molecular weight excluding hydrogens is 242 g/mol. The number of benzene rings is 1. The van der Waals surface area contributed by atoms with E-state index in [9.17, 15) is 9.90 Å². The van der Waals surface area contributed by atoms with E-state index in [4.69, 9.17) is 4.74 Å². The lowest BCUT2D eigenvalue weighted by Crippen LogP contribution is -2.48. The third-order valence-electron chi connectivity index (χ3n) is 3.59. The molecule has 1 fully saturated rings. The molecule has 0 aromatic heterocycles. The zero-order valence-electron chi connectivity index (χ0n) is 11.3. The monoisotopic (exact) mass is 263 g/mol. The zero-order valence-corrected chi connectivity index (χ0v) is 11.3. The first-order chi connectivity index (χ1) is 9.20. The van der Waals surface area contributed by atoms with Crippen molar-refractivity contribution in [2.45, 2.75) is 32.4 Å². The Labute approximate surface area is 114 Å². The smallest absolute Gasteiger partial charge is 0.410 e. The fourth-order valence-corrected chi connectivity index (χ4v) is 2.42. The van der Waals surface area contributed by atoms with Crippen LogP contribution in [0.2, 0.25) is 0 Å². The standard InChI is InChI=1S/C15H21NO3/c1-12-7-8-14(10-17)16(9-12)15(18)19-11-13-5-3-2-4-6-13/h2-6,12,14,17H,7-11H2,1H3/t12-,14-/m0/s1. The Morgan fingerprint density at radius 3 is 2.79 bits per heavy atom. The third-order valence-corrected chi connectivity index (χ3v) is 3.59. The Balaban J connectivity index is 1.90. The fraction of sp³-hybridized carbons (Fsp3) is 0.533. The minimum Gasteiger partial charge on any atom is -0.445 e. The second-order valence-electron chi connectivity index (χ2n) is 5.21. The summed E-state index contributed by atoms with van der Waals surface area (Å²) in [4.78, 5) is 13.7. The van der Waals surface area contributed by atoms with Gasteiger partial charge in [-0.1, -0.05) is 37.3 Å². The molecule has 0 spiro atoms. The highest BCUT2D eigenvalue weighted by Gasteiger charge is 2.30. The minimum atomic E-state index is -0.325. The van der Waals surface area contributed by atoms with Gasteiger partial charge in [0.05, 0.1) is 12.6 Å². The van der Waals surface area contributed by atoms with Gasteiger partial charge in [-0.15, -0.1) is 0 Å².